The number of anilines is 1. The Balaban J connectivity index is 1.57. The van der Waals surface area contributed by atoms with Crippen LogP contribution < -0.4 is 5.32 Å². The van der Waals surface area contributed by atoms with Crippen molar-refractivity contribution >= 4 is 27.5 Å². The van der Waals surface area contributed by atoms with Crippen LogP contribution in [-0.4, -0.2) is 35.2 Å². The fraction of sp³-hybridized carbons (Fsp3) is 0.333. The first kappa shape index (κ1) is 16.4. The minimum Gasteiger partial charge on any atom is -0.322 e. The molecule has 0 saturated carbocycles. The maximum atomic E-state index is 12.1. The van der Waals surface area contributed by atoms with Crippen molar-refractivity contribution in [2.45, 2.75) is 33.5 Å². The van der Waals surface area contributed by atoms with Crippen molar-refractivity contribution in [1.29, 1.82) is 0 Å². The molecule has 0 aliphatic carbocycles. The highest BCUT2D eigenvalue weighted by Gasteiger charge is 2.09. The molecule has 0 bridgehead atoms. The lowest BCUT2D eigenvalue weighted by molar-refractivity contribution is -0.116. The van der Waals surface area contributed by atoms with Gasteiger partial charge in [0.2, 0.25) is 5.91 Å². The molecule has 3 rings (SSSR count). The van der Waals surface area contributed by atoms with E-state index in [0.29, 0.717) is 12.2 Å². The molecule has 0 aliphatic rings. The van der Waals surface area contributed by atoms with E-state index in [-0.39, 0.29) is 12.5 Å². The van der Waals surface area contributed by atoms with Crippen molar-refractivity contribution in [3.63, 3.8) is 0 Å². The van der Waals surface area contributed by atoms with Gasteiger partial charge >= 0.3 is 0 Å². The third kappa shape index (κ3) is 3.91. The van der Waals surface area contributed by atoms with Crippen LogP contribution in [0.2, 0.25) is 0 Å². The quantitative estimate of drug-likeness (QED) is 0.696. The Kier molecular flexibility index (Phi) is 4.79. The monoisotopic (exact) mass is 391 g/mol. The number of amides is 1. The summed E-state index contributed by atoms with van der Waals surface area (Å²) in [7, 11) is 0. The molecule has 0 spiro atoms. The van der Waals surface area contributed by atoms with E-state index in [2.05, 4.69) is 36.5 Å². The molecule has 1 N–H and O–H groups in total. The van der Waals surface area contributed by atoms with E-state index in [1.807, 2.05) is 30.9 Å². The van der Waals surface area contributed by atoms with Crippen LogP contribution in [0, 0.1) is 6.92 Å². The third-order valence-corrected chi connectivity index (χ3v) is 4.24. The SMILES string of the molecule is CCn1cc(Cn2cc(NC(=O)Cn3cc(Br)c(C)n3)cn2)cn1. The van der Waals surface area contributed by atoms with E-state index < -0.39 is 0 Å². The van der Waals surface area contributed by atoms with E-state index in [0.717, 1.165) is 22.3 Å². The van der Waals surface area contributed by atoms with Gasteiger partial charge in [0.25, 0.3) is 0 Å². The third-order valence-electron chi connectivity index (χ3n) is 3.46. The Morgan fingerprint density at radius 1 is 1.17 bits per heavy atom. The normalized spacial score (nSPS) is 11.0. The van der Waals surface area contributed by atoms with E-state index in [4.69, 9.17) is 0 Å². The van der Waals surface area contributed by atoms with Crippen LogP contribution in [0.25, 0.3) is 0 Å². The van der Waals surface area contributed by atoms with Crippen molar-refractivity contribution in [3.8, 4) is 0 Å². The molecule has 0 saturated heterocycles. The molecule has 0 fully saturated rings. The molecule has 0 aromatic carbocycles. The molecule has 0 unspecified atom stereocenters. The topological polar surface area (TPSA) is 82.6 Å². The Hall–Kier alpha value is -2.42. The number of rotatable bonds is 6. The Morgan fingerprint density at radius 3 is 2.62 bits per heavy atom. The summed E-state index contributed by atoms with van der Waals surface area (Å²) in [6.45, 7) is 5.52. The standard InChI is InChI=1S/C15H18BrN7O/c1-3-21-6-12(4-17-21)7-22-8-13(5-18-22)19-15(24)10-23-9-14(16)11(2)20-23/h4-6,8-9H,3,7,10H2,1-2H3,(H,19,24). The van der Waals surface area contributed by atoms with Gasteiger partial charge in [0, 0.05) is 30.7 Å². The molecule has 0 radical (unpaired) electrons. The molecule has 24 heavy (non-hydrogen) atoms. The fourth-order valence-electron chi connectivity index (χ4n) is 2.28. The van der Waals surface area contributed by atoms with Crippen molar-refractivity contribution in [1.82, 2.24) is 29.3 Å². The number of nitrogens with zero attached hydrogens (tertiary/aromatic N) is 6. The van der Waals surface area contributed by atoms with Gasteiger partial charge in [-0.3, -0.25) is 18.8 Å². The maximum Gasteiger partial charge on any atom is 0.246 e. The first-order valence-electron chi connectivity index (χ1n) is 7.56. The number of aromatic nitrogens is 6. The average Bonchev–Trinajstić information content (AvgIpc) is 3.22. The lowest BCUT2D eigenvalue weighted by Crippen LogP contribution is -2.18. The van der Waals surface area contributed by atoms with Crippen LogP contribution in [0.1, 0.15) is 18.2 Å². The van der Waals surface area contributed by atoms with E-state index >= 15 is 0 Å². The molecule has 0 aliphatic heterocycles. The molecule has 126 valence electrons. The number of aryl methyl sites for hydroxylation is 2. The van der Waals surface area contributed by atoms with Crippen LogP contribution in [0.4, 0.5) is 5.69 Å². The number of hydrogen-bond acceptors (Lipinski definition) is 4. The summed E-state index contributed by atoms with van der Waals surface area (Å²) in [5.41, 5.74) is 2.57. The second kappa shape index (κ2) is 7.00. The van der Waals surface area contributed by atoms with Gasteiger partial charge in [-0.05, 0) is 29.8 Å². The number of carbonyl (C=O) groups excluding carboxylic acids is 1. The van der Waals surface area contributed by atoms with Crippen LogP contribution in [0.5, 0.6) is 0 Å². The first-order chi connectivity index (χ1) is 11.5. The number of hydrogen-bond donors (Lipinski definition) is 1. The van der Waals surface area contributed by atoms with Gasteiger partial charge in [0.1, 0.15) is 6.54 Å². The van der Waals surface area contributed by atoms with Crippen molar-refractivity contribution in [2.24, 2.45) is 0 Å². The van der Waals surface area contributed by atoms with Gasteiger partial charge in [-0.2, -0.15) is 15.3 Å². The molecule has 1 amide bonds. The van der Waals surface area contributed by atoms with Crippen molar-refractivity contribution < 1.29 is 4.79 Å². The summed E-state index contributed by atoms with van der Waals surface area (Å²) in [6, 6.07) is 0. The predicted molar refractivity (Wildman–Crippen MR) is 92.5 cm³/mol. The number of halogens is 1. The highest BCUT2D eigenvalue weighted by molar-refractivity contribution is 9.10. The maximum absolute atomic E-state index is 12.1. The predicted octanol–water partition coefficient (Wildman–Crippen LogP) is 2.05. The van der Waals surface area contributed by atoms with Gasteiger partial charge in [-0.25, -0.2) is 0 Å². The summed E-state index contributed by atoms with van der Waals surface area (Å²) in [6.07, 6.45) is 9.01. The largest absolute Gasteiger partial charge is 0.322 e. The molecule has 8 nitrogen and oxygen atoms in total. The lowest BCUT2D eigenvalue weighted by atomic mass is 10.4. The molecule has 3 aromatic heterocycles. The summed E-state index contributed by atoms with van der Waals surface area (Å²) in [5, 5.41) is 15.6. The smallest absolute Gasteiger partial charge is 0.246 e. The van der Waals surface area contributed by atoms with Gasteiger partial charge in [-0.1, -0.05) is 0 Å². The van der Waals surface area contributed by atoms with Gasteiger partial charge in [0.05, 0.1) is 34.8 Å². The lowest BCUT2D eigenvalue weighted by Gasteiger charge is -2.02. The summed E-state index contributed by atoms with van der Waals surface area (Å²) in [4.78, 5) is 12.1. The van der Waals surface area contributed by atoms with Crippen LogP contribution in [0.3, 0.4) is 0 Å². The highest BCUT2D eigenvalue weighted by atomic mass is 79.9. The molecule has 3 heterocycles. The Morgan fingerprint density at radius 2 is 1.96 bits per heavy atom. The minimum absolute atomic E-state index is 0.150. The van der Waals surface area contributed by atoms with E-state index in [9.17, 15) is 4.79 Å². The summed E-state index contributed by atoms with van der Waals surface area (Å²) < 4.78 is 6.11. The van der Waals surface area contributed by atoms with Crippen molar-refractivity contribution in [2.75, 3.05) is 5.32 Å². The van der Waals surface area contributed by atoms with Gasteiger partial charge < -0.3 is 5.32 Å². The highest BCUT2D eigenvalue weighted by Crippen LogP contribution is 2.13. The van der Waals surface area contributed by atoms with E-state index in [1.165, 1.54) is 0 Å². The molecule has 0 atom stereocenters. The Bertz CT molecular complexity index is 828. The molecular formula is C15H18BrN7O. The van der Waals surface area contributed by atoms with Crippen LogP contribution >= 0.6 is 15.9 Å². The summed E-state index contributed by atoms with van der Waals surface area (Å²) >= 11 is 3.38. The Labute approximate surface area is 147 Å². The number of carbonyl (C=O) groups is 1. The molecule has 3 aromatic rings. The van der Waals surface area contributed by atoms with Crippen LogP contribution in [0.15, 0.2) is 35.5 Å². The van der Waals surface area contributed by atoms with Gasteiger partial charge in [-0.15, -0.1) is 0 Å². The van der Waals surface area contributed by atoms with Crippen LogP contribution in [-0.2, 0) is 24.4 Å². The van der Waals surface area contributed by atoms with Crippen molar-refractivity contribution in [3.05, 3.63) is 46.7 Å². The van der Waals surface area contributed by atoms with Gasteiger partial charge in [0.15, 0.2) is 0 Å². The average molecular weight is 392 g/mol. The minimum atomic E-state index is -0.150. The van der Waals surface area contributed by atoms with E-state index in [1.54, 1.807) is 28.0 Å². The first-order valence-corrected chi connectivity index (χ1v) is 8.36. The second-order valence-corrected chi connectivity index (χ2v) is 6.29. The zero-order valence-corrected chi connectivity index (χ0v) is 15.1. The number of nitrogens with one attached hydrogen (secondary N) is 1. The zero-order valence-electron chi connectivity index (χ0n) is 13.5. The zero-order chi connectivity index (χ0) is 17.1. The fourth-order valence-corrected chi connectivity index (χ4v) is 2.60. The molecular weight excluding hydrogens is 374 g/mol. The molecule has 9 heteroatoms. The summed E-state index contributed by atoms with van der Waals surface area (Å²) in [5.74, 6) is -0.150. The second-order valence-electron chi connectivity index (χ2n) is 5.44.